The molecule has 6 nitrogen and oxygen atoms in total. The van der Waals surface area contributed by atoms with Gasteiger partial charge in [-0.15, -0.1) is 10.2 Å². The summed E-state index contributed by atoms with van der Waals surface area (Å²) in [5, 5.41) is 7.64. The Kier molecular flexibility index (Phi) is 4.56. The van der Waals surface area contributed by atoms with E-state index in [2.05, 4.69) is 30.8 Å². The molecule has 0 radical (unpaired) electrons. The summed E-state index contributed by atoms with van der Waals surface area (Å²) in [7, 11) is -3.58. The number of hydrogen-bond donors (Lipinski definition) is 1. The first-order valence-corrected chi connectivity index (χ1v) is 8.23. The lowest BCUT2D eigenvalue weighted by Crippen LogP contribution is -2.23. The summed E-state index contributed by atoms with van der Waals surface area (Å²) in [4.78, 5) is 0.185. The van der Waals surface area contributed by atoms with Crippen LogP contribution < -0.4 is 4.72 Å². The van der Waals surface area contributed by atoms with Gasteiger partial charge in [-0.1, -0.05) is 29.8 Å². The van der Waals surface area contributed by atoms with Crippen LogP contribution in [0.4, 0.5) is 0 Å². The first kappa shape index (κ1) is 15.1. The molecule has 0 bridgehead atoms. The predicted molar refractivity (Wildman–Crippen MR) is 76.6 cm³/mol. The standard InChI is InChI=1S/C12H14BrN3O3S/c1-8(2)12-16-15-11(19-12)7-14-20(17,18)10-5-3-9(13)4-6-10/h3-6,8,14H,7H2,1-2H3. The molecule has 0 saturated carbocycles. The van der Waals surface area contributed by atoms with E-state index >= 15 is 0 Å². The molecule has 1 N–H and O–H groups in total. The number of benzene rings is 1. The van der Waals surface area contributed by atoms with Crippen LogP contribution in [0.1, 0.15) is 31.5 Å². The van der Waals surface area contributed by atoms with Crippen LogP contribution in [-0.4, -0.2) is 18.6 Å². The number of rotatable bonds is 5. The summed E-state index contributed by atoms with van der Waals surface area (Å²) in [5.74, 6) is 0.844. The van der Waals surface area contributed by atoms with Crippen LogP contribution in [0, 0.1) is 0 Å². The maximum atomic E-state index is 12.0. The van der Waals surface area contributed by atoms with Crippen molar-refractivity contribution >= 4 is 26.0 Å². The molecule has 2 aromatic rings. The van der Waals surface area contributed by atoms with Crippen molar-refractivity contribution in [2.75, 3.05) is 0 Å². The molecule has 20 heavy (non-hydrogen) atoms. The van der Waals surface area contributed by atoms with E-state index in [9.17, 15) is 8.42 Å². The van der Waals surface area contributed by atoms with Crippen LogP contribution >= 0.6 is 15.9 Å². The third-order valence-corrected chi connectivity index (χ3v) is 4.46. The summed E-state index contributed by atoms with van der Waals surface area (Å²) in [6, 6.07) is 6.36. The molecule has 0 aliphatic heterocycles. The predicted octanol–water partition coefficient (Wildman–Crippen LogP) is 2.43. The number of nitrogens with one attached hydrogen (secondary N) is 1. The van der Waals surface area contributed by atoms with Crippen molar-refractivity contribution in [3.63, 3.8) is 0 Å². The van der Waals surface area contributed by atoms with Crippen molar-refractivity contribution in [3.05, 3.63) is 40.5 Å². The maximum Gasteiger partial charge on any atom is 0.241 e. The van der Waals surface area contributed by atoms with Gasteiger partial charge in [0.1, 0.15) is 0 Å². The molecule has 0 fully saturated rings. The molecule has 1 heterocycles. The second-order valence-electron chi connectivity index (χ2n) is 4.47. The highest BCUT2D eigenvalue weighted by atomic mass is 79.9. The summed E-state index contributed by atoms with van der Waals surface area (Å²) in [6.45, 7) is 3.81. The van der Waals surface area contributed by atoms with Crippen molar-refractivity contribution in [1.82, 2.24) is 14.9 Å². The Morgan fingerprint density at radius 3 is 2.45 bits per heavy atom. The molecule has 0 unspecified atom stereocenters. The van der Waals surface area contributed by atoms with Crippen LogP contribution in [0.2, 0.25) is 0 Å². The molecule has 0 amide bonds. The summed E-state index contributed by atoms with van der Waals surface area (Å²) >= 11 is 3.26. The van der Waals surface area contributed by atoms with Gasteiger partial charge in [0.2, 0.25) is 21.8 Å². The van der Waals surface area contributed by atoms with Crippen LogP contribution in [0.25, 0.3) is 0 Å². The van der Waals surface area contributed by atoms with Crippen LogP contribution in [-0.2, 0) is 16.6 Å². The Balaban J connectivity index is 2.07. The van der Waals surface area contributed by atoms with E-state index in [4.69, 9.17) is 4.42 Å². The monoisotopic (exact) mass is 359 g/mol. The molecule has 0 spiro atoms. The van der Waals surface area contributed by atoms with E-state index in [1.165, 1.54) is 12.1 Å². The van der Waals surface area contributed by atoms with Gasteiger partial charge in [0.25, 0.3) is 0 Å². The van der Waals surface area contributed by atoms with E-state index in [0.717, 1.165) is 4.47 Å². The van der Waals surface area contributed by atoms with Gasteiger partial charge in [0.05, 0.1) is 11.4 Å². The molecular formula is C12H14BrN3O3S. The second kappa shape index (κ2) is 6.02. The Morgan fingerprint density at radius 1 is 1.25 bits per heavy atom. The van der Waals surface area contributed by atoms with E-state index < -0.39 is 10.0 Å². The average molecular weight is 360 g/mol. The molecule has 2 rings (SSSR count). The van der Waals surface area contributed by atoms with E-state index in [-0.39, 0.29) is 23.2 Å². The van der Waals surface area contributed by atoms with Crippen LogP contribution in [0.15, 0.2) is 38.1 Å². The van der Waals surface area contributed by atoms with Gasteiger partial charge in [0, 0.05) is 10.4 Å². The summed E-state index contributed by atoms with van der Waals surface area (Å²) in [5.41, 5.74) is 0. The maximum absolute atomic E-state index is 12.0. The van der Waals surface area contributed by atoms with E-state index in [1.807, 2.05) is 13.8 Å². The number of nitrogens with zero attached hydrogens (tertiary/aromatic N) is 2. The largest absolute Gasteiger partial charge is 0.424 e. The van der Waals surface area contributed by atoms with Gasteiger partial charge in [-0.25, -0.2) is 13.1 Å². The van der Waals surface area contributed by atoms with Gasteiger partial charge >= 0.3 is 0 Å². The summed E-state index contributed by atoms with van der Waals surface area (Å²) < 4.78 is 32.7. The average Bonchev–Trinajstić information content (AvgIpc) is 2.86. The van der Waals surface area contributed by atoms with Crippen molar-refractivity contribution in [1.29, 1.82) is 0 Å². The van der Waals surface area contributed by atoms with Crippen LogP contribution in [0.3, 0.4) is 0 Å². The van der Waals surface area contributed by atoms with Crippen molar-refractivity contribution in [2.24, 2.45) is 0 Å². The van der Waals surface area contributed by atoms with E-state index in [1.54, 1.807) is 12.1 Å². The lowest BCUT2D eigenvalue weighted by molar-refractivity contribution is 0.427. The fourth-order valence-corrected chi connectivity index (χ4v) is 2.66. The smallest absolute Gasteiger partial charge is 0.241 e. The van der Waals surface area contributed by atoms with Gasteiger partial charge in [-0.05, 0) is 24.3 Å². The van der Waals surface area contributed by atoms with Gasteiger partial charge in [-0.2, -0.15) is 0 Å². The van der Waals surface area contributed by atoms with Crippen molar-refractivity contribution < 1.29 is 12.8 Å². The SMILES string of the molecule is CC(C)c1nnc(CNS(=O)(=O)c2ccc(Br)cc2)o1. The van der Waals surface area contributed by atoms with Gasteiger partial charge in [-0.3, -0.25) is 0 Å². The van der Waals surface area contributed by atoms with Gasteiger partial charge in [0.15, 0.2) is 0 Å². The Labute approximate surface area is 125 Å². The minimum Gasteiger partial charge on any atom is -0.424 e. The number of sulfonamides is 1. The van der Waals surface area contributed by atoms with Crippen LogP contribution in [0.5, 0.6) is 0 Å². The van der Waals surface area contributed by atoms with Crippen molar-refractivity contribution in [3.8, 4) is 0 Å². The minimum atomic E-state index is -3.58. The second-order valence-corrected chi connectivity index (χ2v) is 7.15. The highest BCUT2D eigenvalue weighted by Crippen LogP contribution is 2.15. The number of hydrogen-bond acceptors (Lipinski definition) is 5. The molecule has 0 atom stereocenters. The first-order chi connectivity index (χ1) is 9.38. The highest BCUT2D eigenvalue weighted by Gasteiger charge is 2.16. The third-order valence-electron chi connectivity index (χ3n) is 2.51. The fourth-order valence-electron chi connectivity index (χ4n) is 1.43. The quantitative estimate of drug-likeness (QED) is 0.885. The molecule has 1 aromatic heterocycles. The Bertz CT molecular complexity index is 680. The zero-order chi connectivity index (χ0) is 14.8. The third kappa shape index (κ3) is 3.65. The Hall–Kier alpha value is -1.25. The molecule has 8 heteroatoms. The molecule has 1 aromatic carbocycles. The molecule has 108 valence electrons. The first-order valence-electron chi connectivity index (χ1n) is 5.96. The van der Waals surface area contributed by atoms with E-state index in [0.29, 0.717) is 5.89 Å². The minimum absolute atomic E-state index is 0.0296. The summed E-state index contributed by atoms with van der Waals surface area (Å²) in [6.07, 6.45) is 0. The zero-order valence-corrected chi connectivity index (χ0v) is 13.4. The lowest BCUT2D eigenvalue weighted by atomic mass is 10.2. The molecule has 0 aliphatic carbocycles. The highest BCUT2D eigenvalue weighted by molar-refractivity contribution is 9.10. The van der Waals surface area contributed by atoms with Gasteiger partial charge < -0.3 is 4.42 Å². The number of halogens is 1. The molecule has 0 saturated heterocycles. The van der Waals surface area contributed by atoms with Crippen molar-refractivity contribution in [2.45, 2.75) is 31.2 Å². The fraction of sp³-hybridized carbons (Fsp3) is 0.333. The zero-order valence-electron chi connectivity index (χ0n) is 11.0. The number of aromatic nitrogens is 2. The molecule has 0 aliphatic rings. The Morgan fingerprint density at radius 2 is 1.90 bits per heavy atom. The molecular weight excluding hydrogens is 346 g/mol. The normalized spacial score (nSPS) is 12.0. The lowest BCUT2D eigenvalue weighted by Gasteiger charge is -2.04. The topological polar surface area (TPSA) is 85.1 Å².